The minimum atomic E-state index is -3.57. The molecule has 0 aliphatic carbocycles. The molecule has 0 saturated carbocycles. The highest BCUT2D eigenvalue weighted by Crippen LogP contribution is 2.16. The fourth-order valence-corrected chi connectivity index (χ4v) is 2.79. The number of aromatic nitrogens is 2. The SMILES string of the molecule is Cc1cc(NS(=O)(=O)c2ccc(CBr)cc2)n[nH]1. The van der Waals surface area contributed by atoms with E-state index in [0.29, 0.717) is 5.33 Å². The summed E-state index contributed by atoms with van der Waals surface area (Å²) in [6.07, 6.45) is 0. The van der Waals surface area contributed by atoms with Crippen molar-refractivity contribution in [2.75, 3.05) is 4.72 Å². The average Bonchev–Trinajstić information content (AvgIpc) is 2.74. The third-order valence-electron chi connectivity index (χ3n) is 2.33. The Kier molecular flexibility index (Phi) is 3.72. The maximum Gasteiger partial charge on any atom is 0.263 e. The summed E-state index contributed by atoms with van der Waals surface area (Å²) in [5, 5.41) is 7.21. The summed E-state index contributed by atoms with van der Waals surface area (Å²) in [4.78, 5) is 0.216. The van der Waals surface area contributed by atoms with Crippen LogP contribution in [0.1, 0.15) is 11.3 Å². The molecule has 2 rings (SSSR count). The minimum Gasteiger partial charge on any atom is -0.281 e. The summed E-state index contributed by atoms with van der Waals surface area (Å²) in [6, 6.07) is 8.29. The predicted octanol–water partition coefficient (Wildman–Crippen LogP) is 2.41. The van der Waals surface area contributed by atoms with Crippen LogP contribution in [0.3, 0.4) is 0 Å². The quantitative estimate of drug-likeness (QED) is 0.846. The first-order valence-electron chi connectivity index (χ1n) is 5.21. The molecule has 0 spiro atoms. The van der Waals surface area contributed by atoms with Gasteiger partial charge in [0.2, 0.25) is 0 Å². The smallest absolute Gasteiger partial charge is 0.263 e. The molecule has 0 amide bonds. The van der Waals surface area contributed by atoms with Gasteiger partial charge in [-0.15, -0.1) is 0 Å². The van der Waals surface area contributed by atoms with E-state index in [9.17, 15) is 8.42 Å². The summed E-state index contributed by atoms with van der Waals surface area (Å²) < 4.78 is 26.5. The third kappa shape index (κ3) is 2.91. The van der Waals surface area contributed by atoms with E-state index >= 15 is 0 Å². The molecular formula is C11H12BrN3O2S. The fourth-order valence-electron chi connectivity index (χ4n) is 1.42. The number of hydrogen-bond acceptors (Lipinski definition) is 3. The van der Waals surface area contributed by atoms with E-state index in [-0.39, 0.29) is 10.7 Å². The summed E-state index contributed by atoms with van der Waals surface area (Å²) in [5.74, 6) is 0.289. The standard InChI is InChI=1S/C11H12BrN3O2S/c1-8-6-11(14-13-8)15-18(16,17)10-4-2-9(7-12)3-5-10/h2-6H,7H2,1H3,(H2,13,14,15). The van der Waals surface area contributed by atoms with Crippen LogP contribution in [0.25, 0.3) is 0 Å². The normalized spacial score (nSPS) is 11.4. The number of nitrogens with zero attached hydrogens (tertiary/aromatic N) is 1. The van der Waals surface area contributed by atoms with Gasteiger partial charge in [-0.2, -0.15) is 5.10 Å². The molecule has 96 valence electrons. The summed E-state index contributed by atoms with van der Waals surface area (Å²) in [5.41, 5.74) is 1.81. The van der Waals surface area contributed by atoms with E-state index in [2.05, 4.69) is 30.8 Å². The van der Waals surface area contributed by atoms with E-state index in [0.717, 1.165) is 11.3 Å². The van der Waals surface area contributed by atoms with Gasteiger partial charge >= 0.3 is 0 Å². The lowest BCUT2D eigenvalue weighted by molar-refractivity contribution is 0.601. The van der Waals surface area contributed by atoms with Gasteiger partial charge in [0.05, 0.1) is 4.90 Å². The van der Waals surface area contributed by atoms with Crippen molar-refractivity contribution in [2.24, 2.45) is 0 Å². The van der Waals surface area contributed by atoms with Crippen LogP contribution in [0.4, 0.5) is 5.82 Å². The number of sulfonamides is 1. The van der Waals surface area contributed by atoms with Crippen LogP contribution in [0.5, 0.6) is 0 Å². The van der Waals surface area contributed by atoms with Crippen LogP contribution < -0.4 is 4.72 Å². The number of H-pyrrole nitrogens is 1. The average molecular weight is 330 g/mol. The predicted molar refractivity (Wildman–Crippen MR) is 73.2 cm³/mol. The number of halogens is 1. The second-order valence-electron chi connectivity index (χ2n) is 3.82. The number of anilines is 1. The van der Waals surface area contributed by atoms with Crippen molar-refractivity contribution in [3.05, 3.63) is 41.6 Å². The number of benzene rings is 1. The molecule has 1 heterocycles. The Hall–Kier alpha value is -1.34. The molecule has 0 atom stereocenters. The van der Waals surface area contributed by atoms with Gasteiger partial charge in [-0.25, -0.2) is 8.42 Å². The molecule has 0 fully saturated rings. The van der Waals surface area contributed by atoms with Crippen molar-refractivity contribution < 1.29 is 8.42 Å². The second kappa shape index (κ2) is 5.11. The van der Waals surface area contributed by atoms with Gasteiger partial charge in [0.15, 0.2) is 5.82 Å². The molecule has 2 aromatic rings. The molecule has 2 N–H and O–H groups in total. The Morgan fingerprint density at radius 1 is 1.33 bits per heavy atom. The first-order chi connectivity index (χ1) is 8.51. The third-order valence-corrected chi connectivity index (χ3v) is 4.35. The highest BCUT2D eigenvalue weighted by Gasteiger charge is 2.15. The van der Waals surface area contributed by atoms with Crippen LogP contribution in [0.15, 0.2) is 35.2 Å². The largest absolute Gasteiger partial charge is 0.281 e. The molecule has 0 saturated heterocycles. The van der Waals surface area contributed by atoms with E-state index < -0.39 is 10.0 Å². The first kappa shape index (κ1) is 13.1. The van der Waals surface area contributed by atoms with Crippen molar-refractivity contribution in [3.63, 3.8) is 0 Å². The van der Waals surface area contributed by atoms with Crippen LogP contribution in [-0.2, 0) is 15.4 Å². The molecule has 1 aromatic carbocycles. The Morgan fingerprint density at radius 3 is 2.50 bits per heavy atom. The Labute approximate surface area is 114 Å². The van der Waals surface area contributed by atoms with Crippen LogP contribution in [-0.4, -0.2) is 18.6 Å². The van der Waals surface area contributed by atoms with E-state index in [4.69, 9.17) is 0 Å². The molecule has 0 aliphatic heterocycles. The zero-order chi connectivity index (χ0) is 13.2. The van der Waals surface area contributed by atoms with Gasteiger partial charge < -0.3 is 0 Å². The lowest BCUT2D eigenvalue weighted by atomic mass is 10.2. The topological polar surface area (TPSA) is 74.8 Å². The molecule has 0 bridgehead atoms. The number of rotatable bonds is 4. The molecule has 0 unspecified atom stereocenters. The summed E-state index contributed by atoms with van der Waals surface area (Å²) >= 11 is 3.31. The Morgan fingerprint density at radius 2 is 2.00 bits per heavy atom. The van der Waals surface area contributed by atoms with E-state index in [1.54, 1.807) is 37.3 Å². The van der Waals surface area contributed by atoms with Crippen LogP contribution in [0.2, 0.25) is 0 Å². The monoisotopic (exact) mass is 329 g/mol. The van der Waals surface area contributed by atoms with Gasteiger partial charge in [0.1, 0.15) is 0 Å². The summed E-state index contributed by atoms with van der Waals surface area (Å²) in [6.45, 7) is 1.80. The highest BCUT2D eigenvalue weighted by molar-refractivity contribution is 9.08. The van der Waals surface area contributed by atoms with Gasteiger partial charge in [-0.05, 0) is 24.6 Å². The molecular weight excluding hydrogens is 318 g/mol. The number of hydrogen-bond donors (Lipinski definition) is 2. The van der Waals surface area contributed by atoms with Gasteiger partial charge in [-0.1, -0.05) is 28.1 Å². The fraction of sp³-hybridized carbons (Fsp3) is 0.182. The zero-order valence-corrected chi connectivity index (χ0v) is 12.0. The second-order valence-corrected chi connectivity index (χ2v) is 6.06. The number of alkyl halides is 1. The molecule has 1 aromatic heterocycles. The Balaban J connectivity index is 2.24. The van der Waals surface area contributed by atoms with Gasteiger partial charge in [-0.3, -0.25) is 9.82 Å². The van der Waals surface area contributed by atoms with Crippen molar-refractivity contribution >= 4 is 31.8 Å². The summed E-state index contributed by atoms with van der Waals surface area (Å²) in [7, 11) is -3.57. The van der Waals surface area contributed by atoms with Crippen molar-refractivity contribution in [3.8, 4) is 0 Å². The Bertz CT molecular complexity index is 635. The first-order valence-corrected chi connectivity index (χ1v) is 7.81. The maximum atomic E-state index is 12.0. The van der Waals surface area contributed by atoms with Crippen molar-refractivity contribution in [1.29, 1.82) is 0 Å². The van der Waals surface area contributed by atoms with E-state index in [1.165, 1.54) is 0 Å². The molecule has 5 nitrogen and oxygen atoms in total. The molecule has 7 heteroatoms. The maximum absolute atomic E-state index is 12.0. The number of nitrogens with one attached hydrogen (secondary N) is 2. The van der Waals surface area contributed by atoms with Crippen LogP contribution in [0, 0.1) is 6.92 Å². The zero-order valence-electron chi connectivity index (χ0n) is 9.64. The van der Waals surface area contributed by atoms with Crippen LogP contribution >= 0.6 is 15.9 Å². The van der Waals surface area contributed by atoms with Gasteiger partial charge in [0, 0.05) is 17.1 Å². The lowest BCUT2D eigenvalue weighted by Crippen LogP contribution is -2.13. The molecule has 0 radical (unpaired) electrons. The lowest BCUT2D eigenvalue weighted by Gasteiger charge is -2.05. The minimum absolute atomic E-state index is 0.216. The van der Waals surface area contributed by atoms with Crippen molar-refractivity contribution in [1.82, 2.24) is 10.2 Å². The molecule has 0 aliphatic rings. The highest BCUT2D eigenvalue weighted by atomic mass is 79.9. The number of aromatic amines is 1. The number of aryl methyl sites for hydroxylation is 1. The molecule has 18 heavy (non-hydrogen) atoms. The van der Waals surface area contributed by atoms with Crippen molar-refractivity contribution in [2.45, 2.75) is 17.1 Å². The van der Waals surface area contributed by atoms with E-state index in [1.807, 2.05) is 0 Å². The van der Waals surface area contributed by atoms with Gasteiger partial charge in [0.25, 0.3) is 10.0 Å².